The molecule has 0 amide bonds. The summed E-state index contributed by atoms with van der Waals surface area (Å²) in [5, 5.41) is 3.54. The van der Waals surface area contributed by atoms with Crippen LogP contribution < -0.4 is 11.1 Å². The van der Waals surface area contributed by atoms with Crippen molar-refractivity contribution in [1.82, 2.24) is 5.32 Å². The van der Waals surface area contributed by atoms with Crippen LogP contribution in [0.15, 0.2) is 28.7 Å². The number of nitrogens with one attached hydrogen (secondary N) is 1. The van der Waals surface area contributed by atoms with Crippen LogP contribution in [0, 0.1) is 5.92 Å². The Morgan fingerprint density at radius 1 is 1.44 bits per heavy atom. The van der Waals surface area contributed by atoms with Crippen molar-refractivity contribution in [3.8, 4) is 0 Å². The van der Waals surface area contributed by atoms with Gasteiger partial charge in [0.2, 0.25) is 0 Å². The maximum atomic E-state index is 5.83. The molecular formula is C13H21BrN2. The average Bonchev–Trinajstić information content (AvgIpc) is 2.26. The summed E-state index contributed by atoms with van der Waals surface area (Å²) in [5.74, 6) is 0.518. The molecule has 0 spiro atoms. The zero-order valence-electron chi connectivity index (χ0n) is 10.3. The van der Waals surface area contributed by atoms with Crippen molar-refractivity contribution in [2.24, 2.45) is 11.7 Å². The van der Waals surface area contributed by atoms with Crippen molar-refractivity contribution >= 4 is 15.9 Å². The van der Waals surface area contributed by atoms with Crippen molar-refractivity contribution in [3.63, 3.8) is 0 Å². The Hall–Kier alpha value is -0.380. The lowest BCUT2D eigenvalue weighted by atomic mass is 9.88. The van der Waals surface area contributed by atoms with E-state index in [1.54, 1.807) is 0 Å². The molecule has 0 bridgehead atoms. The number of hydrogen-bond donors (Lipinski definition) is 2. The van der Waals surface area contributed by atoms with E-state index in [1.165, 1.54) is 5.56 Å². The highest BCUT2D eigenvalue weighted by Crippen LogP contribution is 2.17. The van der Waals surface area contributed by atoms with Crippen LogP contribution in [0.4, 0.5) is 0 Å². The molecule has 3 heteroatoms. The van der Waals surface area contributed by atoms with E-state index in [4.69, 9.17) is 5.73 Å². The van der Waals surface area contributed by atoms with Gasteiger partial charge >= 0.3 is 0 Å². The van der Waals surface area contributed by atoms with Crippen LogP contribution in [0.3, 0.4) is 0 Å². The van der Waals surface area contributed by atoms with Gasteiger partial charge in [0, 0.05) is 23.1 Å². The Balaban J connectivity index is 2.63. The van der Waals surface area contributed by atoms with Gasteiger partial charge in [-0.1, -0.05) is 41.9 Å². The summed E-state index contributed by atoms with van der Waals surface area (Å²) in [5.41, 5.74) is 7.11. The molecule has 0 aromatic heterocycles. The lowest BCUT2D eigenvalue weighted by molar-refractivity contribution is 0.267. The molecule has 16 heavy (non-hydrogen) atoms. The molecule has 3 N–H and O–H groups in total. The molecule has 2 nitrogen and oxygen atoms in total. The fourth-order valence-electron chi connectivity index (χ4n) is 1.46. The summed E-state index contributed by atoms with van der Waals surface area (Å²) in [7, 11) is 0. The average molecular weight is 285 g/mol. The molecule has 0 aliphatic rings. The van der Waals surface area contributed by atoms with E-state index in [-0.39, 0.29) is 5.54 Å². The molecule has 0 radical (unpaired) electrons. The summed E-state index contributed by atoms with van der Waals surface area (Å²) >= 11 is 3.48. The molecule has 0 fully saturated rings. The highest BCUT2D eigenvalue weighted by molar-refractivity contribution is 9.10. The third-order valence-corrected chi connectivity index (χ3v) is 3.78. The highest BCUT2D eigenvalue weighted by atomic mass is 79.9. The van der Waals surface area contributed by atoms with Crippen molar-refractivity contribution in [1.29, 1.82) is 0 Å². The van der Waals surface area contributed by atoms with Gasteiger partial charge in [-0.05, 0) is 30.5 Å². The Kier molecular flexibility index (Phi) is 4.96. The molecule has 90 valence electrons. The van der Waals surface area contributed by atoms with Gasteiger partial charge < -0.3 is 11.1 Å². The van der Waals surface area contributed by atoms with E-state index in [0.29, 0.717) is 12.5 Å². The van der Waals surface area contributed by atoms with Gasteiger partial charge in [0.1, 0.15) is 0 Å². The lowest BCUT2D eigenvalue weighted by Gasteiger charge is -2.34. The first-order chi connectivity index (χ1) is 7.48. The van der Waals surface area contributed by atoms with Gasteiger partial charge in [-0.2, -0.15) is 0 Å². The first-order valence-corrected chi connectivity index (χ1v) is 6.47. The minimum atomic E-state index is 0.00230. The number of rotatable bonds is 5. The van der Waals surface area contributed by atoms with Crippen molar-refractivity contribution in [2.45, 2.75) is 32.9 Å². The van der Waals surface area contributed by atoms with Crippen LogP contribution in [-0.2, 0) is 6.54 Å². The second kappa shape index (κ2) is 5.80. The normalized spacial score (nSPS) is 15.1. The molecule has 1 unspecified atom stereocenters. The Morgan fingerprint density at radius 2 is 2.12 bits per heavy atom. The van der Waals surface area contributed by atoms with Crippen molar-refractivity contribution in [3.05, 3.63) is 34.3 Å². The summed E-state index contributed by atoms with van der Waals surface area (Å²) in [6.07, 6.45) is 0. The van der Waals surface area contributed by atoms with E-state index < -0.39 is 0 Å². The van der Waals surface area contributed by atoms with Crippen LogP contribution in [0.25, 0.3) is 0 Å². The molecular weight excluding hydrogens is 264 g/mol. The molecule has 0 aliphatic heterocycles. The topological polar surface area (TPSA) is 38.0 Å². The number of benzene rings is 1. The van der Waals surface area contributed by atoms with Crippen LogP contribution in [0.5, 0.6) is 0 Å². The number of nitrogens with two attached hydrogens (primary N) is 1. The van der Waals surface area contributed by atoms with Crippen LogP contribution in [0.1, 0.15) is 26.3 Å². The Labute approximate surface area is 107 Å². The van der Waals surface area contributed by atoms with Crippen LogP contribution >= 0.6 is 15.9 Å². The lowest BCUT2D eigenvalue weighted by Crippen LogP contribution is -2.52. The van der Waals surface area contributed by atoms with Crippen molar-refractivity contribution in [2.75, 3.05) is 6.54 Å². The van der Waals surface area contributed by atoms with Gasteiger partial charge in [-0.3, -0.25) is 0 Å². The summed E-state index contributed by atoms with van der Waals surface area (Å²) in [6, 6.07) is 8.34. The maximum Gasteiger partial charge on any atom is 0.0301 e. The zero-order chi connectivity index (χ0) is 12.2. The first kappa shape index (κ1) is 13.7. The van der Waals surface area contributed by atoms with Crippen LogP contribution in [0.2, 0.25) is 0 Å². The minimum absolute atomic E-state index is 0.00230. The van der Waals surface area contributed by atoms with E-state index in [1.807, 2.05) is 6.07 Å². The quantitative estimate of drug-likeness (QED) is 0.873. The second-order valence-electron chi connectivity index (χ2n) is 4.76. The maximum absolute atomic E-state index is 5.83. The van der Waals surface area contributed by atoms with Gasteiger partial charge in [0.25, 0.3) is 0 Å². The van der Waals surface area contributed by atoms with Gasteiger partial charge in [-0.25, -0.2) is 0 Å². The van der Waals surface area contributed by atoms with Crippen molar-refractivity contribution < 1.29 is 0 Å². The molecule has 1 rings (SSSR count). The standard InChI is InChI=1S/C13H21BrN2/c1-10(2)13(3,9-15)16-8-11-5-4-6-12(14)7-11/h4-7,10,16H,8-9,15H2,1-3H3. The number of hydrogen-bond acceptors (Lipinski definition) is 2. The molecule has 0 saturated carbocycles. The number of halogens is 1. The second-order valence-corrected chi connectivity index (χ2v) is 5.68. The monoisotopic (exact) mass is 284 g/mol. The smallest absolute Gasteiger partial charge is 0.0301 e. The molecule has 0 saturated heterocycles. The first-order valence-electron chi connectivity index (χ1n) is 5.67. The predicted octanol–water partition coefficient (Wildman–Crippen LogP) is 2.91. The molecule has 1 aromatic carbocycles. The van der Waals surface area contributed by atoms with Crippen LogP contribution in [-0.4, -0.2) is 12.1 Å². The molecule has 0 heterocycles. The fraction of sp³-hybridized carbons (Fsp3) is 0.538. The third kappa shape index (κ3) is 3.58. The largest absolute Gasteiger partial charge is 0.329 e. The molecule has 0 aliphatic carbocycles. The highest BCUT2D eigenvalue weighted by Gasteiger charge is 2.25. The SMILES string of the molecule is CC(C)C(C)(CN)NCc1cccc(Br)c1. The molecule has 1 aromatic rings. The van der Waals surface area contributed by atoms with Gasteiger partial charge in [-0.15, -0.1) is 0 Å². The van der Waals surface area contributed by atoms with E-state index in [9.17, 15) is 0 Å². The summed E-state index contributed by atoms with van der Waals surface area (Å²) in [6.45, 7) is 8.07. The summed E-state index contributed by atoms with van der Waals surface area (Å²) in [4.78, 5) is 0. The van der Waals surface area contributed by atoms with E-state index in [2.05, 4.69) is 60.2 Å². The predicted molar refractivity (Wildman–Crippen MR) is 73.3 cm³/mol. The van der Waals surface area contributed by atoms with E-state index in [0.717, 1.165) is 11.0 Å². The third-order valence-electron chi connectivity index (χ3n) is 3.28. The minimum Gasteiger partial charge on any atom is -0.329 e. The molecule has 1 atom stereocenters. The zero-order valence-corrected chi connectivity index (χ0v) is 11.8. The Morgan fingerprint density at radius 3 is 2.62 bits per heavy atom. The Bertz CT molecular complexity index is 338. The van der Waals surface area contributed by atoms with E-state index >= 15 is 0 Å². The van der Waals surface area contributed by atoms with Gasteiger partial charge in [0.05, 0.1) is 0 Å². The summed E-state index contributed by atoms with van der Waals surface area (Å²) < 4.78 is 1.12. The fourth-order valence-corrected chi connectivity index (χ4v) is 1.91. The van der Waals surface area contributed by atoms with Gasteiger partial charge in [0.15, 0.2) is 0 Å².